The molecule has 126 valence electrons. The number of carbonyl (C=O) groups excluding carboxylic acids is 1. The van der Waals surface area contributed by atoms with Gasteiger partial charge in [0.1, 0.15) is 0 Å². The van der Waals surface area contributed by atoms with Gasteiger partial charge in [-0.25, -0.2) is 8.42 Å². The molecule has 1 amide bonds. The summed E-state index contributed by atoms with van der Waals surface area (Å²) in [5.74, 6) is -1.85. The zero-order valence-corrected chi connectivity index (χ0v) is 13.9. The SMILES string of the molecule is Cc1ccc(NS(C)(=O)=O)c(C(=O)N2CCC[C@H](C(=O)O)C2)c1. The van der Waals surface area contributed by atoms with Gasteiger partial charge in [-0.2, -0.15) is 0 Å². The molecule has 7 nitrogen and oxygen atoms in total. The molecule has 0 aromatic heterocycles. The van der Waals surface area contributed by atoms with Gasteiger partial charge in [0.25, 0.3) is 5.91 Å². The second-order valence-corrected chi connectivity index (χ2v) is 7.60. The number of aliphatic carboxylic acids is 1. The summed E-state index contributed by atoms with van der Waals surface area (Å²) in [5, 5.41) is 9.13. The molecular formula is C15H20N2O5S. The summed E-state index contributed by atoms with van der Waals surface area (Å²) in [6, 6.07) is 4.86. The van der Waals surface area contributed by atoms with Crippen LogP contribution in [0.1, 0.15) is 28.8 Å². The van der Waals surface area contributed by atoms with Crippen molar-refractivity contribution in [3.63, 3.8) is 0 Å². The number of hydrogen-bond donors (Lipinski definition) is 2. The lowest BCUT2D eigenvalue weighted by atomic mass is 9.97. The number of anilines is 1. The van der Waals surface area contributed by atoms with E-state index in [1.54, 1.807) is 25.1 Å². The fourth-order valence-corrected chi connectivity index (χ4v) is 3.23. The average molecular weight is 340 g/mol. The molecule has 1 saturated heterocycles. The van der Waals surface area contributed by atoms with E-state index in [2.05, 4.69) is 4.72 Å². The Morgan fingerprint density at radius 2 is 2.04 bits per heavy atom. The number of sulfonamides is 1. The molecule has 1 heterocycles. The first-order valence-corrected chi connectivity index (χ1v) is 9.17. The Balaban J connectivity index is 2.31. The average Bonchev–Trinajstić information content (AvgIpc) is 2.47. The number of aryl methyl sites for hydroxylation is 1. The van der Waals surface area contributed by atoms with Gasteiger partial charge >= 0.3 is 5.97 Å². The second-order valence-electron chi connectivity index (χ2n) is 5.85. The first-order chi connectivity index (χ1) is 10.7. The first kappa shape index (κ1) is 17.3. The van der Waals surface area contributed by atoms with Gasteiger partial charge in [0.2, 0.25) is 10.0 Å². The maximum Gasteiger partial charge on any atom is 0.308 e. The van der Waals surface area contributed by atoms with Crippen molar-refractivity contribution < 1.29 is 23.1 Å². The highest BCUT2D eigenvalue weighted by Gasteiger charge is 2.29. The lowest BCUT2D eigenvalue weighted by Gasteiger charge is -2.31. The van der Waals surface area contributed by atoms with Crippen LogP contribution in [0.5, 0.6) is 0 Å². The Hall–Kier alpha value is -2.09. The van der Waals surface area contributed by atoms with Crippen molar-refractivity contribution in [2.24, 2.45) is 5.92 Å². The summed E-state index contributed by atoms with van der Waals surface area (Å²) in [7, 11) is -3.52. The summed E-state index contributed by atoms with van der Waals surface area (Å²) >= 11 is 0. The van der Waals surface area contributed by atoms with Crippen LogP contribution in [0.15, 0.2) is 18.2 Å². The second kappa shape index (κ2) is 6.57. The molecule has 0 spiro atoms. The van der Waals surface area contributed by atoms with Gasteiger partial charge in [0.15, 0.2) is 0 Å². The standard InChI is InChI=1S/C15H20N2O5S/c1-10-5-6-13(16-23(2,21)22)12(8-10)14(18)17-7-3-4-11(9-17)15(19)20/h5-6,8,11,16H,3-4,7,9H2,1-2H3,(H,19,20)/t11-/m0/s1. The van der Waals surface area contributed by atoms with Crippen molar-refractivity contribution in [1.29, 1.82) is 0 Å². The Bertz CT molecular complexity index is 729. The van der Waals surface area contributed by atoms with Crippen LogP contribution in [0.4, 0.5) is 5.69 Å². The van der Waals surface area contributed by atoms with E-state index in [-0.39, 0.29) is 23.7 Å². The lowest BCUT2D eigenvalue weighted by molar-refractivity contribution is -0.143. The molecule has 8 heteroatoms. The van der Waals surface area contributed by atoms with Crippen molar-refractivity contribution in [2.75, 3.05) is 24.1 Å². The molecule has 1 atom stereocenters. The predicted molar refractivity (Wildman–Crippen MR) is 85.9 cm³/mol. The molecule has 1 aromatic rings. The number of carbonyl (C=O) groups is 2. The van der Waals surface area contributed by atoms with Gasteiger partial charge in [-0.15, -0.1) is 0 Å². The van der Waals surface area contributed by atoms with Crippen molar-refractivity contribution in [3.8, 4) is 0 Å². The smallest absolute Gasteiger partial charge is 0.308 e. The van der Waals surface area contributed by atoms with E-state index in [1.807, 2.05) is 0 Å². The molecule has 0 saturated carbocycles. The molecule has 1 fully saturated rings. The van der Waals surface area contributed by atoms with Crippen LogP contribution in [-0.4, -0.2) is 49.6 Å². The predicted octanol–water partition coefficient (Wildman–Crippen LogP) is 1.30. The zero-order chi connectivity index (χ0) is 17.2. The summed E-state index contributed by atoms with van der Waals surface area (Å²) in [5.41, 5.74) is 1.27. The topological polar surface area (TPSA) is 104 Å². The number of likely N-dealkylation sites (tertiary alicyclic amines) is 1. The molecule has 2 N–H and O–H groups in total. The third kappa shape index (κ3) is 4.44. The van der Waals surface area contributed by atoms with Gasteiger partial charge in [-0.3, -0.25) is 14.3 Å². The minimum absolute atomic E-state index is 0.139. The summed E-state index contributed by atoms with van der Waals surface area (Å²) in [6.45, 7) is 2.41. The van der Waals surface area contributed by atoms with E-state index >= 15 is 0 Å². The number of benzene rings is 1. The quantitative estimate of drug-likeness (QED) is 0.860. The number of nitrogens with zero attached hydrogens (tertiary/aromatic N) is 1. The molecule has 0 radical (unpaired) electrons. The number of piperidine rings is 1. The van der Waals surface area contributed by atoms with Crippen LogP contribution in [0, 0.1) is 12.8 Å². The molecule has 0 aliphatic carbocycles. The monoisotopic (exact) mass is 340 g/mol. The van der Waals surface area contributed by atoms with Gasteiger partial charge in [-0.1, -0.05) is 11.6 Å². The fourth-order valence-electron chi connectivity index (χ4n) is 2.66. The molecule has 0 bridgehead atoms. The number of carboxylic acids is 1. The number of carboxylic acid groups (broad SMARTS) is 1. The molecule has 1 aliphatic heterocycles. The third-order valence-electron chi connectivity index (χ3n) is 3.76. The molecule has 1 aromatic carbocycles. The fraction of sp³-hybridized carbons (Fsp3) is 0.467. The van der Waals surface area contributed by atoms with E-state index in [9.17, 15) is 18.0 Å². The minimum Gasteiger partial charge on any atom is -0.481 e. The molecule has 23 heavy (non-hydrogen) atoms. The number of amides is 1. The van der Waals surface area contributed by atoms with Crippen molar-refractivity contribution in [2.45, 2.75) is 19.8 Å². The van der Waals surface area contributed by atoms with E-state index in [0.29, 0.717) is 19.4 Å². The van der Waals surface area contributed by atoms with Crippen LogP contribution < -0.4 is 4.72 Å². The number of hydrogen-bond acceptors (Lipinski definition) is 4. The van der Waals surface area contributed by atoms with Crippen LogP contribution in [0.2, 0.25) is 0 Å². The van der Waals surface area contributed by atoms with Gasteiger partial charge in [-0.05, 0) is 31.9 Å². The number of rotatable bonds is 4. The Morgan fingerprint density at radius 3 is 2.65 bits per heavy atom. The highest BCUT2D eigenvalue weighted by Crippen LogP contribution is 2.24. The maximum absolute atomic E-state index is 12.7. The summed E-state index contributed by atoms with van der Waals surface area (Å²) in [6.07, 6.45) is 2.17. The van der Waals surface area contributed by atoms with Crippen molar-refractivity contribution in [3.05, 3.63) is 29.3 Å². The van der Waals surface area contributed by atoms with E-state index in [1.165, 1.54) is 4.90 Å². The van der Waals surface area contributed by atoms with Crippen LogP contribution in [0.3, 0.4) is 0 Å². The summed E-state index contributed by atoms with van der Waals surface area (Å²) < 4.78 is 25.3. The first-order valence-electron chi connectivity index (χ1n) is 7.28. The van der Waals surface area contributed by atoms with Crippen LogP contribution in [0.25, 0.3) is 0 Å². The molecule has 0 unspecified atom stereocenters. The molecular weight excluding hydrogens is 320 g/mol. The minimum atomic E-state index is -3.52. The Kier molecular flexibility index (Phi) is 4.93. The summed E-state index contributed by atoms with van der Waals surface area (Å²) in [4.78, 5) is 25.3. The Morgan fingerprint density at radius 1 is 1.35 bits per heavy atom. The van der Waals surface area contributed by atoms with Crippen molar-refractivity contribution in [1.82, 2.24) is 4.90 Å². The van der Waals surface area contributed by atoms with Gasteiger partial charge in [0, 0.05) is 13.1 Å². The van der Waals surface area contributed by atoms with Gasteiger partial charge < -0.3 is 10.0 Å². The molecule has 1 aliphatic rings. The van der Waals surface area contributed by atoms with Crippen molar-refractivity contribution >= 4 is 27.6 Å². The highest BCUT2D eigenvalue weighted by atomic mass is 32.2. The van der Waals surface area contributed by atoms with E-state index in [4.69, 9.17) is 5.11 Å². The van der Waals surface area contributed by atoms with Crippen LogP contribution >= 0.6 is 0 Å². The van der Waals surface area contributed by atoms with Gasteiger partial charge in [0.05, 0.1) is 23.4 Å². The van der Waals surface area contributed by atoms with Crippen LogP contribution in [-0.2, 0) is 14.8 Å². The number of nitrogens with one attached hydrogen (secondary N) is 1. The zero-order valence-electron chi connectivity index (χ0n) is 13.1. The largest absolute Gasteiger partial charge is 0.481 e. The third-order valence-corrected chi connectivity index (χ3v) is 4.35. The lowest BCUT2D eigenvalue weighted by Crippen LogP contribution is -2.42. The Labute approximate surface area is 135 Å². The van der Waals surface area contributed by atoms with E-state index < -0.39 is 21.9 Å². The maximum atomic E-state index is 12.7. The molecule has 2 rings (SSSR count). The highest BCUT2D eigenvalue weighted by molar-refractivity contribution is 7.92. The normalized spacial score (nSPS) is 18.5. The van der Waals surface area contributed by atoms with E-state index in [0.717, 1.165) is 11.8 Å².